The van der Waals surface area contributed by atoms with Crippen molar-refractivity contribution in [1.29, 1.82) is 0 Å². The summed E-state index contributed by atoms with van der Waals surface area (Å²) in [5, 5.41) is 8.09. The fourth-order valence-electron chi connectivity index (χ4n) is 6.75. The highest BCUT2D eigenvalue weighted by Crippen LogP contribution is 2.64. The number of hydrogen-bond donors (Lipinski definition) is 1. The molecule has 0 saturated heterocycles. The van der Waals surface area contributed by atoms with Crippen molar-refractivity contribution in [2.24, 2.45) is 17.3 Å². The summed E-state index contributed by atoms with van der Waals surface area (Å²) in [5.74, 6) is 1.26. The molecule has 4 aliphatic carbocycles. The summed E-state index contributed by atoms with van der Waals surface area (Å²) in [6.45, 7) is 0. The first-order valence-corrected chi connectivity index (χ1v) is 12.4. The maximum Gasteiger partial charge on any atom is 0.242 e. The maximum absolute atomic E-state index is 13.9. The summed E-state index contributed by atoms with van der Waals surface area (Å²) in [5.41, 5.74) is 0.396. The van der Waals surface area contributed by atoms with E-state index >= 15 is 0 Å². The van der Waals surface area contributed by atoms with Crippen molar-refractivity contribution in [2.75, 3.05) is 5.32 Å². The summed E-state index contributed by atoms with van der Waals surface area (Å²) < 4.78 is 1.97. The van der Waals surface area contributed by atoms with Crippen LogP contribution < -0.4 is 5.32 Å². The molecule has 1 aromatic heterocycles. The summed E-state index contributed by atoms with van der Waals surface area (Å²) in [4.78, 5) is 20.3. The Bertz CT molecular complexity index is 1150. The lowest BCUT2D eigenvalue weighted by Gasteiger charge is -2.60. The molecule has 4 atom stereocenters. The van der Waals surface area contributed by atoms with Gasteiger partial charge in [0.1, 0.15) is 6.33 Å². The first kappa shape index (κ1) is 20.3. The van der Waals surface area contributed by atoms with Crippen molar-refractivity contribution in [1.82, 2.24) is 14.8 Å². The zero-order chi connectivity index (χ0) is 21.8. The van der Waals surface area contributed by atoms with Gasteiger partial charge in [-0.25, -0.2) is 9.67 Å². The van der Waals surface area contributed by atoms with Gasteiger partial charge in [0.15, 0.2) is 0 Å². The molecule has 164 valence electrons. The molecule has 0 aliphatic heterocycles. The van der Waals surface area contributed by atoms with Crippen LogP contribution in [0.2, 0.25) is 5.28 Å². The SMILES string of the molecule is O=C(Nc1ccccc1Sc1ccccc1)C12C[C@H]3C[C@@H](C1)CC(n1cnc(Cl)n1)(C3)C2. The molecule has 2 unspecified atom stereocenters. The number of halogens is 1. The van der Waals surface area contributed by atoms with Crippen molar-refractivity contribution >= 4 is 35.0 Å². The number of benzene rings is 2. The number of amides is 1. The van der Waals surface area contributed by atoms with Gasteiger partial charge in [-0.1, -0.05) is 42.1 Å². The van der Waals surface area contributed by atoms with E-state index in [1.54, 1.807) is 18.1 Å². The zero-order valence-electron chi connectivity index (χ0n) is 17.7. The van der Waals surface area contributed by atoms with Crippen LogP contribution >= 0.6 is 23.4 Å². The molecule has 5 nitrogen and oxygen atoms in total. The van der Waals surface area contributed by atoms with Gasteiger partial charge in [0.25, 0.3) is 0 Å². The van der Waals surface area contributed by atoms with E-state index in [-0.39, 0.29) is 22.1 Å². The number of rotatable bonds is 5. The Balaban J connectivity index is 1.29. The molecule has 7 rings (SSSR count). The third-order valence-electron chi connectivity index (χ3n) is 7.57. The third kappa shape index (κ3) is 3.44. The lowest BCUT2D eigenvalue weighted by molar-refractivity contribution is -0.150. The van der Waals surface area contributed by atoms with Crippen molar-refractivity contribution < 1.29 is 4.79 Å². The fourth-order valence-corrected chi connectivity index (χ4v) is 7.80. The van der Waals surface area contributed by atoms with Crippen LogP contribution in [0.3, 0.4) is 0 Å². The highest BCUT2D eigenvalue weighted by atomic mass is 35.5. The monoisotopic (exact) mass is 464 g/mol. The molecule has 4 saturated carbocycles. The first-order valence-electron chi connectivity index (χ1n) is 11.2. The van der Waals surface area contributed by atoms with E-state index in [9.17, 15) is 4.79 Å². The topological polar surface area (TPSA) is 59.8 Å². The molecule has 4 bridgehead atoms. The second-order valence-corrected chi connectivity index (χ2v) is 11.2. The summed E-state index contributed by atoms with van der Waals surface area (Å²) >= 11 is 7.74. The largest absolute Gasteiger partial charge is 0.325 e. The zero-order valence-corrected chi connectivity index (χ0v) is 19.3. The van der Waals surface area contributed by atoms with E-state index in [1.807, 2.05) is 41.1 Å². The second-order valence-electron chi connectivity index (χ2n) is 9.79. The molecular weight excluding hydrogens is 440 g/mol. The highest BCUT2D eigenvalue weighted by Gasteiger charge is 2.61. The fraction of sp³-hybridized carbons (Fsp3) is 0.400. The van der Waals surface area contributed by atoms with Gasteiger partial charge in [-0.15, -0.1) is 5.10 Å². The summed E-state index contributed by atoms with van der Waals surface area (Å²) in [6, 6.07) is 18.4. The molecule has 2 aromatic carbocycles. The van der Waals surface area contributed by atoms with Gasteiger partial charge in [0.2, 0.25) is 11.2 Å². The maximum atomic E-state index is 13.9. The molecule has 0 radical (unpaired) electrons. The third-order valence-corrected chi connectivity index (χ3v) is 8.83. The summed E-state index contributed by atoms with van der Waals surface area (Å²) in [6.07, 6.45) is 7.86. The standard InChI is InChI=1S/C25H25ClN4OS/c26-23-27-16-30(29-23)25-13-17-10-18(14-25)12-24(11-17,15-25)22(31)28-20-8-4-5-9-21(20)32-19-6-2-1-3-7-19/h1-9,16-18H,10-15H2,(H,28,31)/t17-,18+,24?,25?. The van der Waals surface area contributed by atoms with Crippen LogP contribution in [0.15, 0.2) is 70.7 Å². The van der Waals surface area contributed by atoms with E-state index in [0.717, 1.165) is 47.6 Å². The minimum atomic E-state index is -0.354. The number of aromatic nitrogens is 3. The molecule has 4 fully saturated rings. The Kier molecular flexibility index (Phi) is 4.84. The van der Waals surface area contributed by atoms with E-state index in [2.05, 4.69) is 33.6 Å². The lowest BCUT2D eigenvalue weighted by Crippen LogP contribution is -2.60. The minimum absolute atomic E-state index is 0.139. The van der Waals surface area contributed by atoms with Crippen LogP contribution in [0.1, 0.15) is 38.5 Å². The molecule has 0 spiro atoms. The Morgan fingerprint density at radius 2 is 1.75 bits per heavy atom. The van der Waals surface area contributed by atoms with Crippen molar-refractivity contribution in [2.45, 2.75) is 53.9 Å². The van der Waals surface area contributed by atoms with Crippen LogP contribution in [0.25, 0.3) is 0 Å². The van der Waals surface area contributed by atoms with Crippen LogP contribution in [0, 0.1) is 17.3 Å². The molecular formula is C25H25ClN4OS. The average Bonchev–Trinajstić information content (AvgIpc) is 3.22. The number of hydrogen-bond acceptors (Lipinski definition) is 4. The predicted octanol–water partition coefficient (Wildman–Crippen LogP) is 6.02. The Hall–Kier alpha value is -2.31. The second kappa shape index (κ2) is 7.63. The van der Waals surface area contributed by atoms with Gasteiger partial charge in [-0.2, -0.15) is 0 Å². The number of anilines is 1. The van der Waals surface area contributed by atoms with Crippen LogP contribution in [-0.2, 0) is 10.3 Å². The Morgan fingerprint density at radius 1 is 1.03 bits per heavy atom. The van der Waals surface area contributed by atoms with E-state index in [1.165, 1.54) is 6.42 Å². The van der Waals surface area contributed by atoms with Crippen molar-refractivity contribution in [3.05, 3.63) is 66.2 Å². The van der Waals surface area contributed by atoms with Gasteiger partial charge in [0, 0.05) is 9.79 Å². The normalized spacial score (nSPS) is 30.4. The average molecular weight is 465 g/mol. The molecule has 32 heavy (non-hydrogen) atoms. The molecule has 7 heteroatoms. The molecule has 3 aromatic rings. The number of nitrogens with zero attached hydrogens (tertiary/aromatic N) is 3. The van der Waals surface area contributed by atoms with E-state index in [0.29, 0.717) is 11.8 Å². The first-order chi connectivity index (χ1) is 15.5. The van der Waals surface area contributed by atoms with Gasteiger partial charge in [-0.3, -0.25) is 4.79 Å². The molecule has 1 heterocycles. The van der Waals surface area contributed by atoms with E-state index < -0.39 is 0 Å². The molecule has 1 N–H and O–H groups in total. The lowest BCUT2D eigenvalue weighted by atomic mass is 9.46. The van der Waals surface area contributed by atoms with Gasteiger partial charge >= 0.3 is 0 Å². The molecule has 4 aliphatic rings. The van der Waals surface area contributed by atoms with Crippen molar-refractivity contribution in [3.8, 4) is 0 Å². The van der Waals surface area contributed by atoms with Gasteiger partial charge in [0.05, 0.1) is 16.6 Å². The quantitative estimate of drug-likeness (QED) is 0.501. The smallest absolute Gasteiger partial charge is 0.242 e. The van der Waals surface area contributed by atoms with Crippen LogP contribution in [0.5, 0.6) is 0 Å². The Labute approximate surface area is 197 Å². The van der Waals surface area contributed by atoms with Crippen molar-refractivity contribution in [3.63, 3.8) is 0 Å². The number of carbonyl (C=O) groups excluding carboxylic acids is 1. The van der Waals surface area contributed by atoms with Crippen LogP contribution in [-0.4, -0.2) is 20.7 Å². The van der Waals surface area contributed by atoms with E-state index in [4.69, 9.17) is 11.6 Å². The number of nitrogens with one attached hydrogen (secondary N) is 1. The molecule has 1 amide bonds. The summed E-state index contributed by atoms with van der Waals surface area (Å²) in [7, 11) is 0. The highest BCUT2D eigenvalue weighted by molar-refractivity contribution is 7.99. The number of carbonyl (C=O) groups is 1. The number of para-hydroxylation sites is 1. The van der Waals surface area contributed by atoms with Gasteiger partial charge in [-0.05, 0) is 86.2 Å². The predicted molar refractivity (Wildman–Crippen MR) is 126 cm³/mol. The minimum Gasteiger partial charge on any atom is -0.325 e. The van der Waals surface area contributed by atoms with Crippen LogP contribution in [0.4, 0.5) is 5.69 Å². The Morgan fingerprint density at radius 3 is 2.47 bits per heavy atom. The van der Waals surface area contributed by atoms with Gasteiger partial charge < -0.3 is 5.32 Å².